The number of hydrogen-bond acceptors (Lipinski definition) is 2. The molecule has 1 rings (SSSR count). The van der Waals surface area contributed by atoms with Crippen LogP contribution in [0.1, 0.15) is 12.0 Å². The predicted molar refractivity (Wildman–Crippen MR) is 77.9 cm³/mol. The molecule has 0 aliphatic heterocycles. The third kappa shape index (κ3) is 4.01. The Bertz CT molecular complexity index is 592. The van der Waals surface area contributed by atoms with Gasteiger partial charge in [0.05, 0.1) is 4.90 Å². The fourth-order valence-electron chi connectivity index (χ4n) is 1.48. The number of allylic oxidation sites excluding steroid dienone is 2. The molecule has 0 amide bonds. The van der Waals surface area contributed by atoms with Crippen molar-refractivity contribution in [3.63, 3.8) is 0 Å². The summed E-state index contributed by atoms with van der Waals surface area (Å²) in [4.78, 5) is 0.212. The number of hydrogen-bond donors (Lipinski definition) is 0. The second-order valence-electron chi connectivity index (χ2n) is 3.97. The lowest BCUT2D eigenvalue weighted by Crippen LogP contribution is -2.27. The first-order valence-electron chi connectivity index (χ1n) is 5.85. The number of benzene rings is 1. The molecule has 0 aliphatic rings. The first kappa shape index (κ1) is 15.1. The summed E-state index contributed by atoms with van der Waals surface area (Å²) in [5.41, 5.74) is 1.00. The lowest BCUT2D eigenvalue weighted by Gasteiger charge is -2.16. The fraction of sp³-hybridized carbons (Fsp3) is 0.200. The Morgan fingerprint density at radius 1 is 1.37 bits per heavy atom. The van der Waals surface area contributed by atoms with Crippen molar-refractivity contribution < 1.29 is 8.42 Å². The Hall–Kier alpha value is -1.99. The molecular formula is C15H17NO2S. The van der Waals surface area contributed by atoms with Gasteiger partial charge in [-0.25, -0.2) is 12.7 Å². The zero-order chi connectivity index (χ0) is 14.3. The smallest absolute Gasteiger partial charge is 0.224 e. The van der Waals surface area contributed by atoms with E-state index in [4.69, 9.17) is 6.42 Å². The first-order valence-corrected chi connectivity index (χ1v) is 7.29. The molecule has 0 spiro atoms. The molecule has 0 N–H and O–H groups in total. The van der Waals surface area contributed by atoms with E-state index in [0.717, 1.165) is 9.87 Å². The maximum Gasteiger partial charge on any atom is 0.270 e. The Balaban J connectivity index is 2.90. The van der Waals surface area contributed by atoms with Gasteiger partial charge in [-0.05, 0) is 25.5 Å². The molecule has 19 heavy (non-hydrogen) atoms. The summed E-state index contributed by atoms with van der Waals surface area (Å²) in [7, 11) is -3.62. The summed E-state index contributed by atoms with van der Waals surface area (Å²) in [6.45, 7) is 5.69. The number of sulfonamides is 1. The molecule has 4 heteroatoms. The SMILES string of the molecule is C#CN(CC/C=C/C=C)S(=O)(=O)c1ccc(C)cc1. The lowest BCUT2D eigenvalue weighted by atomic mass is 10.2. The van der Waals surface area contributed by atoms with Crippen molar-refractivity contribution in [1.29, 1.82) is 0 Å². The van der Waals surface area contributed by atoms with E-state index in [9.17, 15) is 8.42 Å². The van der Waals surface area contributed by atoms with Crippen molar-refractivity contribution >= 4 is 10.0 Å². The third-order valence-electron chi connectivity index (χ3n) is 2.52. The molecule has 0 saturated heterocycles. The number of rotatable bonds is 6. The van der Waals surface area contributed by atoms with Gasteiger partial charge in [-0.1, -0.05) is 48.9 Å². The standard InChI is InChI=1S/C15H17NO2S/c1-4-6-7-8-13-16(5-2)19(17,18)15-11-9-14(3)10-12-15/h2,4,6-7,9-12H,1,8,13H2,3H3/b7-6+. The minimum atomic E-state index is -3.62. The van der Waals surface area contributed by atoms with Crippen molar-refractivity contribution in [2.24, 2.45) is 0 Å². The molecule has 100 valence electrons. The van der Waals surface area contributed by atoms with Crippen molar-refractivity contribution in [2.75, 3.05) is 6.54 Å². The molecule has 0 aliphatic carbocycles. The average Bonchev–Trinajstić information content (AvgIpc) is 2.39. The van der Waals surface area contributed by atoms with E-state index >= 15 is 0 Å². The Kier molecular flexibility index (Phi) is 5.40. The quantitative estimate of drug-likeness (QED) is 0.455. The van der Waals surface area contributed by atoms with E-state index in [2.05, 4.69) is 12.6 Å². The predicted octanol–water partition coefficient (Wildman–Crippen LogP) is 2.71. The molecule has 0 unspecified atom stereocenters. The van der Waals surface area contributed by atoms with Crippen molar-refractivity contribution in [3.8, 4) is 12.5 Å². The van der Waals surface area contributed by atoms with Crippen molar-refractivity contribution in [2.45, 2.75) is 18.2 Å². The van der Waals surface area contributed by atoms with Crippen molar-refractivity contribution in [1.82, 2.24) is 4.31 Å². The van der Waals surface area contributed by atoms with Gasteiger partial charge in [0.2, 0.25) is 0 Å². The largest absolute Gasteiger partial charge is 0.270 e. The third-order valence-corrected chi connectivity index (χ3v) is 4.26. The summed E-state index contributed by atoms with van der Waals surface area (Å²) in [5.74, 6) is 0. The molecule has 0 bridgehead atoms. The van der Waals surface area contributed by atoms with Gasteiger partial charge in [-0.15, -0.1) is 0 Å². The van der Waals surface area contributed by atoms with Gasteiger partial charge in [-0.3, -0.25) is 0 Å². The second-order valence-corrected chi connectivity index (χ2v) is 5.83. The molecular weight excluding hydrogens is 258 g/mol. The van der Waals surface area contributed by atoms with Crippen molar-refractivity contribution in [3.05, 3.63) is 54.6 Å². The Morgan fingerprint density at radius 3 is 2.53 bits per heavy atom. The highest BCUT2D eigenvalue weighted by molar-refractivity contribution is 7.89. The molecule has 1 aromatic rings. The van der Waals surface area contributed by atoms with E-state index < -0.39 is 10.0 Å². The highest BCUT2D eigenvalue weighted by Gasteiger charge is 2.20. The van der Waals surface area contributed by atoms with Gasteiger partial charge in [0.1, 0.15) is 0 Å². The van der Waals surface area contributed by atoms with Gasteiger partial charge in [0, 0.05) is 12.6 Å². The topological polar surface area (TPSA) is 37.4 Å². The molecule has 0 heterocycles. The lowest BCUT2D eigenvalue weighted by molar-refractivity contribution is 0.514. The molecule has 1 aromatic carbocycles. The highest BCUT2D eigenvalue weighted by atomic mass is 32.2. The van der Waals surface area contributed by atoms with Crippen LogP contribution < -0.4 is 0 Å². The van der Waals surface area contributed by atoms with Gasteiger partial charge in [0.15, 0.2) is 0 Å². The van der Waals surface area contributed by atoms with Crippen LogP contribution in [0.3, 0.4) is 0 Å². The van der Waals surface area contributed by atoms with Crippen LogP contribution in [-0.4, -0.2) is 19.3 Å². The maximum atomic E-state index is 12.3. The molecule has 0 radical (unpaired) electrons. The number of aryl methyl sites for hydroxylation is 1. The van der Waals surface area contributed by atoms with Crippen LogP contribution in [0.4, 0.5) is 0 Å². The summed E-state index contributed by atoms with van der Waals surface area (Å²) in [6.07, 6.45) is 11.0. The van der Waals surface area contributed by atoms with Crippen LogP contribution in [0.5, 0.6) is 0 Å². The Labute approximate surface area is 115 Å². The number of terminal acetylenes is 1. The monoisotopic (exact) mass is 275 g/mol. The van der Waals surface area contributed by atoms with Gasteiger partial charge < -0.3 is 0 Å². The molecule has 0 atom stereocenters. The highest BCUT2D eigenvalue weighted by Crippen LogP contribution is 2.16. The van der Waals surface area contributed by atoms with E-state index in [-0.39, 0.29) is 11.4 Å². The Morgan fingerprint density at radius 2 is 2.00 bits per heavy atom. The zero-order valence-electron chi connectivity index (χ0n) is 10.9. The molecule has 0 aromatic heterocycles. The van der Waals surface area contributed by atoms with Gasteiger partial charge >= 0.3 is 0 Å². The maximum absolute atomic E-state index is 12.3. The normalized spacial score (nSPS) is 11.2. The summed E-state index contributed by atoms with van der Waals surface area (Å²) < 4.78 is 25.6. The summed E-state index contributed by atoms with van der Waals surface area (Å²) in [5, 5.41) is 0. The van der Waals surface area contributed by atoms with Gasteiger partial charge in [0.25, 0.3) is 10.0 Å². The van der Waals surface area contributed by atoms with E-state index in [1.54, 1.807) is 36.4 Å². The minimum absolute atomic E-state index is 0.212. The minimum Gasteiger partial charge on any atom is -0.224 e. The fourth-order valence-corrected chi connectivity index (χ4v) is 2.69. The molecule has 0 saturated carbocycles. The van der Waals surface area contributed by atoms with E-state index in [1.165, 1.54) is 0 Å². The number of nitrogens with zero attached hydrogens (tertiary/aromatic N) is 1. The first-order chi connectivity index (χ1) is 9.02. The molecule has 0 fully saturated rings. The second kappa shape index (κ2) is 6.81. The van der Waals surface area contributed by atoms with Crippen LogP contribution >= 0.6 is 0 Å². The van der Waals surface area contributed by atoms with Crippen LogP contribution in [0.2, 0.25) is 0 Å². The molecule has 3 nitrogen and oxygen atoms in total. The summed E-state index contributed by atoms with van der Waals surface area (Å²) >= 11 is 0. The average molecular weight is 275 g/mol. The van der Waals surface area contributed by atoms with E-state index in [1.807, 2.05) is 13.0 Å². The van der Waals surface area contributed by atoms with Crippen LogP contribution in [0.15, 0.2) is 54.0 Å². The zero-order valence-corrected chi connectivity index (χ0v) is 11.7. The van der Waals surface area contributed by atoms with Gasteiger partial charge in [-0.2, -0.15) is 0 Å². The van der Waals surface area contributed by atoms with Crippen LogP contribution in [-0.2, 0) is 10.0 Å². The van der Waals surface area contributed by atoms with E-state index in [0.29, 0.717) is 6.42 Å². The van der Waals surface area contributed by atoms with Crippen LogP contribution in [0.25, 0.3) is 0 Å². The van der Waals surface area contributed by atoms with Crippen LogP contribution in [0, 0.1) is 19.4 Å². The summed E-state index contributed by atoms with van der Waals surface area (Å²) in [6, 6.07) is 8.84.